The Morgan fingerprint density at radius 3 is 2.33 bits per heavy atom. The Labute approximate surface area is 202 Å². The van der Waals surface area contributed by atoms with E-state index in [1.54, 1.807) is 18.3 Å². The van der Waals surface area contributed by atoms with E-state index in [1.165, 1.54) is 6.92 Å². The number of anilines is 2. The number of nitrogens with zero attached hydrogens (tertiary/aromatic N) is 1. The Hall–Kier alpha value is -3.12. The van der Waals surface area contributed by atoms with Crippen LogP contribution in [0.4, 0.5) is 11.4 Å². The molecule has 7 heteroatoms. The second-order valence-corrected chi connectivity index (χ2v) is 8.74. The van der Waals surface area contributed by atoms with Crippen LogP contribution in [0.3, 0.4) is 0 Å². The number of hydrogen-bond acceptors (Lipinski definition) is 5. The fourth-order valence-electron chi connectivity index (χ4n) is 3.83. The number of aromatic hydroxyl groups is 1. The van der Waals surface area contributed by atoms with Crippen LogP contribution in [0.5, 0.6) is 5.75 Å². The molecule has 4 rings (SSSR count). The summed E-state index contributed by atoms with van der Waals surface area (Å²) in [5.74, 6) is -0.235. The van der Waals surface area contributed by atoms with Crippen molar-refractivity contribution in [2.75, 3.05) is 12.4 Å². The maximum absolute atomic E-state index is 12.4. The van der Waals surface area contributed by atoms with Crippen LogP contribution in [0.1, 0.15) is 28.4 Å². The van der Waals surface area contributed by atoms with Gasteiger partial charge in [0.05, 0.1) is 26.8 Å². The summed E-state index contributed by atoms with van der Waals surface area (Å²) in [5.41, 5.74) is 6.57. The first-order valence-electron chi connectivity index (χ1n) is 10.4. The average molecular weight is 480 g/mol. The third kappa shape index (κ3) is 4.67. The third-order valence-electron chi connectivity index (χ3n) is 5.53. The molecule has 0 unspecified atom stereocenters. The van der Waals surface area contributed by atoms with E-state index in [2.05, 4.69) is 15.6 Å². The Morgan fingerprint density at radius 2 is 1.73 bits per heavy atom. The van der Waals surface area contributed by atoms with Crippen LogP contribution in [-0.2, 0) is 6.54 Å². The fraction of sp³-hybridized carbons (Fsp3) is 0.154. The van der Waals surface area contributed by atoms with Gasteiger partial charge in [-0.2, -0.15) is 0 Å². The number of aryl methyl sites for hydroxylation is 1. The summed E-state index contributed by atoms with van der Waals surface area (Å²) < 4.78 is 0. The van der Waals surface area contributed by atoms with E-state index in [4.69, 9.17) is 23.2 Å². The van der Waals surface area contributed by atoms with Crippen LogP contribution in [0.25, 0.3) is 22.0 Å². The van der Waals surface area contributed by atoms with Gasteiger partial charge in [-0.25, -0.2) is 0 Å². The van der Waals surface area contributed by atoms with E-state index in [0.29, 0.717) is 11.3 Å². The maximum atomic E-state index is 12.4. The normalized spacial score (nSPS) is 11.1. The molecule has 0 amide bonds. The second-order valence-electron chi connectivity index (χ2n) is 7.93. The molecule has 33 heavy (non-hydrogen) atoms. The Morgan fingerprint density at radius 1 is 1.06 bits per heavy atom. The number of Topliss-reactive ketones (excluding diaryl/α,β-unsaturated/α-hetero) is 1. The molecular formula is C26H23Cl2N3O2. The van der Waals surface area contributed by atoms with E-state index in [1.807, 2.05) is 50.4 Å². The molecule has 0 saturated carbocycles. The van der Waals surface area contributed by atoms with Gasteiger partial charge in [-0.3, -0.25) is 9.78 Å². The van der Waals surface area contributed by atoms with Gasteiger partial charge in [0.2, 0.25) is 0 Å². The number of benzene rings is 3. The van der Waals surface area contributed by atoms with Crippen molar-refractivity contribution in [1.82, 2.24) is 10.3 Å². The number of halogens is 2. The molecule has 0 bridgehead atoms. The summed E-state index contributed by atoms with van der Waals surface area (Å²) in [6.45, 7) is 4.27. The van der Waals surface area contributed by atoms with Crippen molar-refractivity contribution < 1.29 is 9.90 Å². The van der Waals surface area contributed by atoms with Crippen molar-refractivity contribution in [1.29, 1.82) is 0 Å². The molecule has 0 aliphatic rings. The minimum atomic E-state index is -0.148. The molecule has 0 atom stereocenters. The average Bonchev–Trinajstić information content (AvgIpc) is 2.78. The summed E-state index contributed by atoms with van der Waals surface area (Å²) in [5, 5.41) is 17.6. The lowest BCUT2D eigenvalue weighted by Crippen LogP contribution is -2.05. The molecule has 1 heterocycles. The van der Waals surface area contributed by atoms with Gasteiger partial charge in [-0.05, 0) is 79.5 Å². The number of ketones is 1. The number of nitrogens with one attached hydrogen (secondary N) is 2. The number of phenolic OH excluding ortho intramolecular Hbond substituents is 1. The number of pyridine rings is 1. The monoisotopic (exact) mass is 479 g/mol. The molecule has 0 saturated heterocycles. The van der Waals surface area contributed by atoms with Crippen molar-refractivity contribution in [3.63, 3.8) is 0 Å². The fourth-order valence-corrected chi connectivity index (χ4v) is 4.32. The Bertz CT molecular complexity index is 1350. The number of fused-ring (bicyclic) bond motifs is 1. The first kappa shape index (κ1) is 23.1. The standard InChI is InChI=1S/C26H23Cl2N3O2/c1-14-8-24-20(11-19(14)17-9-22(27)26(33)23(28)10-17)25(21(13-30-24)15(2)32)31-18-6-4-16(5-7-18)12-29-3/h4-11,13,29,33H,12H2,1-3H3,(H,30,31). The summed E-state index contributed by atoms with van der Waals surface area (Å²) >= 11 is 12.3. The lowest BCUT2D eigenvalue weighted by Gasteiger charge is -2.16. The van der Waals surface area contributed by atoms with E-state index >= 15 is 0 Å². The van der Waals surface area contributed by atoms with Gasteiger partial charge in [0, 0.05) is 23.8 Å². The summed E-state index contributed by atoms with van der Waals surface area (Å²) in [4.78, 5) is 17.0. The molecule has 1 aromatic heterocycles. The van der Waals surface area contributed by atoms with Crippen LogP contribution in [0, 0.1) is 6.92 Å². The SMILES string of the molecule is CNCc1ccc(Nc2c(C(C)=O)cnc3cc(C)c(-c4cc(Cl)c(O)c(Cl)c4)cc23)cc1. The van der Waals surface area contributed by atoms with Crippen LogP contribution >= 0.6 is 23.2 Å². The van der Waals surface area contributed by atoms with Gasteiger partial charge < -0.3 is 15.7 Å². The van der Waals surface area contributed by atoms with Crippen molar-refractivity contribution in [3.8, 4) is 16.9 Å². The highest BCUT2D eigenvalue weighted by atomic mass is 35.5. The zero-order chi connectivity index (χ0) is 23.7. The largest absolute Gasteiger partial charge is 0.505 e. The molecule has 168 valence electrons. The zero-order valence-electron chi connectivity index (χ0n) is 18.5. The number of hydrogen-bond donors (Lipinski definition) is 3. The highest BCUT2D eigenvalue weighted by molar-refractivity contribution is 6.37. The lowest BCUT2D eigenvalue weighted by molar-refractivity contribution is 0.101. The van der Waals surface area contributed by atoms with Crippen LogP contribution in [0.15, 0.2) is 54.7 Å². The Kier molecular flexibility index (Phi) is 6.56. The molecule has 0 radical (unpaired) electrons. The molecule has 5 nitrogen and oxygen atoms in total. The molecule has 0 spiro atoms. The number of aromatic nitrogens is 1. The summed E-state index contributed by atoms with van der Waals surface area (Å²) in [6, 6.07) is 15.3. The highest BCUT2D eigenvalue weighted by Gasteiger charge is 2.17. The maximum Gasteiger partial charge on any atom is 0.163 e. The quantitative estimate of drug-likeness (QED) is 0.262. The lowest BCUT2D eigenvalue weighted by atomic mass is 9.96. The van der Waals surface area contributed by atoms with Crippen molar-refractivity contribution in [3.05, 3.63) is 81.5 Å². The van der Waals surface area contributed by atoms with Gasteiger partial charge >= 0.3 is 0 Å². The number of rotatable bonds is 6. The Balaban J connectivity index is 1.89. The predicted molar refractivity (Wildman–Crippen MR) is 136 cm³/mol. The second kappa shape index (κ2) is 9.40. The van der Waals surface area contributed by atoms with E-state index < -0.39 is 0 Å². The van der Waals surface area contributed by atoms with Crippen LogP contribution in [0.2, 0.25) is 10.0 Å². The summed E-state index contributed by atoms with van der Waals surface area (Å²) in [7, 11) is 1.91. The van der Waals surface area contributed by atoms with Crippen molar-refractivity contribution >= 4 is 51.3 Å². The molecule has 0 fully saturated rings. The minimum Gasteiger partial charge on any atom is -0.505 e. The van der Waals surface area contributed by atoms with Crippen molar-refractivity contribution in [2.45, 2.75) is 20.4 Å². The van der Waals surface area contributed by atoms with Crippen molar-refractivity contribution in [2.24, 2.45) is 0 Å². The number of phenols is 1. The first-order chi connectivity index (χ1) is 15.8. The zero-order valence-corrected chi connectivity index (χ0v) is 20.0. The first-order valence-corrected chi connectivity index (χ1v) is 11.2. The smallest absolute Gasteiger partial charge is 0.163 e. The van der Waals surface area contributed by atoms with E-state index in [9.17, 15) is 9.90 Å². The predicted octanol–water partition coefficient (Wildman–Crippen LogP) is 6.89. The topological polar surface area (TPSA) is 74.2 Å². The summed E-state index contributed by atoms with van der Waals surface area (Å²) in [6.07, 6.45) is 1.61. The minimum absolute atomic E-state index is 0.0865. The number of carbonyl (C=O) groups is 1. The molecule has 3 aromatic carbocycles. The van der Waals surface area contributed by atoms with Gasteiger partial charge in [0.15, 0.2) is 11.5 Å². The highest BCUT2D eigenvalue weighted by Crippen LogP contribution is 2.40. The van der Waals surface area contributed by atoms with E-state index in [0.717, 1.165) is 45.4 Å². The molecule has 0 aliphatic heterocycles. The van der Waals surface area contributed by atoms with Gasteiger partial charge in [0.25, 0.3) is 0 Å². The molecular weight excluding hydrogens is 457 g/mol. The van der Waals surface area contributed by atoms with Gasteiger partial charge in [-0.1, -0.05) is 35.3 Å². The molecule has 4 aromatic rings. The van der Waals surface area contributed by atoms with Crippen LogP contribution in [-0.4, -0.2) is 22.9 Å². The van der Waals surface area contributed by atoms with Gasteiger partial charge in [0.1, 0.15) is 0 Å². The van der Waals surface area contributed by atoms with Gasteiger partial charge in [-0.15, -0.1) is 0 Å². The third-order valence-corrected chi connectivity index (χ3v) is 6.10. The van der Waals surface area contributed by atoms with E-state index in [-0.39, 0.29) is 21.6 Å². The molecule has 0 aliphatic carbocycles. The molecule has 3 N–H and O–H groups in total. The van der Waals surface area contributed by atoms with Crippen LogP contribution < -0.4 is 10.6 Å². The number of carbonyl (C=O) groups excluding carboxylic acids is 1.